The normalized spacial score (nSPS) is 13.5. The van der Waals surface area contributed by atoms with E-state index in [-0.39, 0.29) is 5.91 Å². The molecule has 4 heteroatoms. The van der Waals surface area contributed by atoms with Gasteiger partial charge in [0.25, 0.3) is 5.91 Å². The van der Waals surface area contributed by atoms with Crippen molar-refractivity contribution in [2.75, 3.05) is 6.54 Å². The molecule has 0 saturated carbocycles. The standard InChI is InChI=1S/C18H15N3O/c22-18-17-6-5-14(9-15(17)7-8-19-18)12-1-3-13(4-2-12)16-10-20-21-11-16/h1-6,9-11H,7-8H2,(H,19,22)(H,20,21). The molecule has 0 radical (unpaired) electrons. The Balaban J connectivity index is 1.69. The van der Waals surface area contributed by atoms with Gasteiger partial charge in [-0.2, -0.15) is 5.10 Å². The number of carbonyl (C=O) groups excluding carboxylic acids is 1. The van der Waals surface area contributed by atoms with Gasteiger partial charge in [0.05, 0.1) is 6.20 Å². The summed E-state index contributed by atoms with van der Waals surface area (Å²) in [6, 6.07) is 14.4. The summed E-state index contributed by atoms with van der Waals surface area (Å²) in [5, 5.41) is 9.67. The SMILES string of the molecule is O=C1NCCc2cc(-c3ccc(-c4cn[nH]c4)cc3)ccc21. The summed E-state index contributed by atoms with van der Waals surface area (Å²) >= 11 is 0. The van der Waals surface area contributed by atoms with Gasteiger partial charge in [0.1, 0.15) is 0 Å². The van der Waals surface area contributed by atoms with Crippen LogP contribution in [0.5, 0.6) is 0 Å². The highest BCUT2D eigenvalue weighted by Crippen LogP contribution is 2.27. The van der Waals surface area contributed by atoms with Crippen LogP contribution in [-0.4, -0.2) is 22.6 Å². The number of hydrogen-bond donors (Lipinski definition) is 2. The third kappa shape index (κ3) is 2.19. The second-order valence-electron chi connectivity index (χ2n) is 5.44. The lowest BCUT2D eigenvalue weighted by Crippen LogP contribution is -2.31. The van der Waals surface area contributed by atoms with Crippen LogP contribution in [0.1, 0.15) is 15.9 Å². The first-order valence-electron chi connectivity index (χ1n) is 7.32. The number of aromatic amines is 1. The van der Waals surface area contributed by atoms with Crippen molar-refractivity contribution in [3.63, 3.8) is 0 Å². The molecule has 1 aliphatic heterocycles. The molecular formula is C18H15N3O. The van der Waals surface area contributed by atoms with E-state index in [9.17, 15) is 4.79 Å². The third-order valence-corrected chi connectivity index (χ3v) is 4.08. The van der Waals surface area contributed by atoms with Crippen molar-refractivity contribution in [3.05, 3.63) is 66.0 Å². The molecular weight excluding hydrogens is 274 g/mol. The lowest BCUT2D eigenvalue weighted by molar-refractivity contribution is 0.0946. The van der Waals surface area contributed by atoms with Crippen LogP contribution in [0, 0.1) is 0 Å². The molecule has 0 bridgehead atoms. The van der Waals surface area contributed by atoms with E-state index in [0.29, 0.717) is 6.54 Å². The van der Waals surface area contributed by atoms with Crippen molar-refractivity contribution in [3.8, 4) is 22.3 Å². The molecule has 1 aromatic heterocycles. The number of aromatic nitrogens is 2. The Morgan fingerprint density at radius 3 is 2.36 bits per heavy atom. The fraction of sp³-hybridized carbons (Fsp3) is 0.111. The first kappa shape index (κ1) is 12.8. The fourth-order valence-corrected chi connectivity index (χ4v) is 2.87. The molecule has 2 aromatic carbocycles. The highest BCUT2D eigenvalue weighted by Gasteiger charge is 2.16. The van der Waals surface area contributed by atoms with Gasteiger partial charge in [0.15, 0.2) is 0 Å². The summed E-state index contributed by atoms with van der Waals surface area (Å²) < 4.78 is 0. The van der Waals surface area contributed by atoms with E-state index in [4.69, 9.17) is 0 Å². The minimum absolute atomic E-state index is 0.0307. The van der Waals surface area contributed by atoms with Crippen LogP contribution in [0.15, 0.2) is 54.9 Å². The number of amides is 1. The highest BCUT2D eigenvalue weighted by molar-refractivity contribution is 5.97. The van der Waals surface area contributed by atoms with Gasteiger partial charge in [-0.1, -0.05) is 36.4 Å². The summed E-state index contributed by atoms with van der Waals surface area (Å²) in [4.78, 5) is 11.8. The van der Waals surface area contributed by atoms with Crippen LogP contribution in [0.4, 0.5) is 0 Å². The predicted octanol–water partition coefficient (Wildman–Crippen LogP) is 3.03. The van der Waals surface area contributed by atoms with Crippen LogP contribution in [0.3, 0.4) is 0 Å². The zero-order chi connectivity index (χ0) is 14.9. The zero-order valence-electron chi connectivity index (χ0n) is 12.0. The summed E-state index contributed by atoms with van der Waals surface area (Å²) in [6.07, 6.45) is 4.58. The quantitative estimate of drug-likeness (QED) is 0.762. The van der Waals surface area contributed by atoms with Crippen LogP contribution in [0.2, 0.25) is 0 Å². The molecule has 108 valence electrons. The maximum atomic E-state index is 11.8. The first-order valence-corrected chi connectivity index (χ1v) is 7.32. The smallest absolute Gasteiger partial charge is 0.251 e. The summed E-state index contributed by atoms with van der Waals surface area (Å²) in [6.45, 7) is 0.717. The molecule has 4 rings (SSSR count). The number of nitrogens with zero attached hydrogens (tertiary/aromatic N) is 1. The molecule has 1 amide bonds. The Kier molecular flexibility index (Phi) is 3.00. The van der Waals surface area contributed by atoms with Gasteiger partial charge >= 0.3 is 0 Å². The van der Waals surface area contributed by atoms with Crippen molar-refractivity contribution in [1.82, 2.24) is 15.5 Å². The number of hydrogen-bond acceptors (Lipinski definition) is 2. The lowest BCUT2D eigenvalue weighted by Gasteiger charge is -2.17. The van der Waals surface area contributed by atoms with E-state index in [2.05, 4.69) is 45.8 Å². The Hall–Kier alpha value is -2.88. The average molecular weight is 289 g/mol. The molecule has 22 heavy (non-hydrogen) atoms. The van der Waals surface area contributed by atoms with E-state index < -0.39 is 0 Å². The number of nitrogens with one attached hydrogen (secondary N) is 2. The van der Waals surface area contributed by atoms with E-state index in [0.717, 1.165) is 39.8 Å². The Labute approximate surface area is 128 Å². The van der Waals surface area contributed by atoms with Gasteiger partial charge < -0.3 is 5.32 Å². The monoisotopic (exact) mass is 289 g/mol. The van der Waals surface area contributed by atoms with Gasteiger partial charge in [-0.05, 0) is 34.7 Å². The van der Waals surface area contributed by atoms with Crippen molar-refractivity contribution in [2.24, 2.45) is 0 Å². The zero-order valence-corrected chi connectivity index (χ0v) is 12.0. The fourth-order valence-electron chi connectivity index (χ4n) is 2.87. The molecule has 3 aromatic rings. The van der Waals surface area contributed by atoms with Crippen LogP contribution >= 0.6 is 0 Å². The molecule has 0 spiro atoms. The molecule has 0 saturated heterocycles. The maximum Gasteiger partial charge on any atom is 0.251 e. The van der Waals surface area contributed by atoms with Crippen molar-refractivity contribution in [1.29, 1.82) is 0 Å². The number of carbonyl (C=O) groups is 1. The lowest BCUT2D eigenvalue weighted by atomic mass is 9.94. The number of rotatable bonds is 2. The maximum absolute atomic E-state index is 11.8. The largest absolute Gasteiger partial charge is 0.352 e. The summed E-state index contributed by atoms with van der Waals surface area (Å²) in [5.41, 5.74) is 6.43. The topological polar surface area (TPSA) is 57.8 Å². The summed E-state index contributed by atoms with van der Waals surface area (Å²) in [5.74, 6) is 0.0307. The van der Waals surface area contributed by atoms with Crippen molar-refractivity contribution in [2.45, 2.75) is 6.42 Å². The number of fused-ring (bicyclic) bond motifs is 1. The molecule has 4 nitrogen and oxygen atoms in total. The minimum Gasteiger partial charge on any atom is -0.352 e. The molecule has 1 aliphatic rings. The van der Waals surface area contributed by atoms with E-state index in [1.807, 2.05) is 24.5 Å². The molecule has 0 fully saturated rings. The third-order valence-electron chi connectivity index (χ3n) is 4.08. The Bertz CT molecular complexity index is 820. The van der Waals surface area contributed by atoms with Gasteiger partial charge in [0.2, 0.25) is 0 Å². The van der Waals surface area contributed by atoms with Gasteiger partial charge in [-0.15, -0.1) is 0 Å². The van der Waals surface area contributed by atoms with Crippen LogP contribution in [-0.2, 0) is 6.42 Å². The summed E-state index contributed by atoms with van der Waals surface area (Å²) in [7, 11) is 0. The second-order valence-corrected chi connectivity index (χ2v) is 5.44. The number of benzene rings is 2. The molecule has 2 N–H and O–H groups in total. The predicted molar refractivity (Wildman–Crippen MR) is 85.5 cm³/mol. The van der Waals surface area contributed by atoms with E-state index in [1.165, 1.54) is 0 Å². The molecule has 0 aliphatic carbocycles. The van der Waals surface area contributed by atoms with Gasteiger partial charge in [0, 0.05) is 23.9 Å². The van der Waals surface area contributed by atoms with Gasteiger partial charge in [-0.25, -0.2) is 0 Å². The van der Waals surface area contributed by atoms with Crippen molar-refractivity contribution < 1.29 is 4.79 Å². The van der Waals surface area contributed by atoms with Crippen LogP contribution in [0.25, 0.3) is 22.3 Å². The van der Waals surface area contributed by atoms with E-state index >= 15 is 0 Å². The molecule has 2 heterocycles. The Morgan fingerprint density at radius 2 is 1.64 bits per heavy atom. The highest BCUT2D eigenvalue weighted by atomic mass is 16.1. The second kappa shape index (κ2) is 5.15. The molecule has 0 unspecified atom stereocenters. The average Bonchev–Trinajstić information content (AvgIpc) is 3.09. The minimum atomic E-state index is 0.0307. The Morgan fingerprint density at radius 1 is 0.909 bits per heavy atom. The van der Waals surface area contributed by atoms with Gasteiger partial charge in [-0.3, -0.25) is 9.89 Å². The first-order chi connectivity index (χ1) is 10.8. The molecule has 0 atom stereocenters. The van der Waals surface area contributed by atoms with Crippen molar-refractivity contribution >= 4 is 5.91 Å². The number of H-pyrrole nitrogens is 1. The van der Waals surface area contributed by atoms with Crippen LogP contribution < -0.4 is 5.32 Å². The van der Waals surface area contributed by atoms with E-state index in [1.54, 1.807) is 0 Å².